The van der Waals surface area contributed by atoms with Crippen LogP contribution in [0.25, 0.3) is 0 Å². The van der Waals surface area contributed by atoms with Gasteiger partial charge in [0.05, 0.1) is 0 Å². The molecule has 0 spiro atoms. The Balaban J connectivity index is 0.00000324. The van der Waals surface area contributed by atoms with E-state index in [1.807, 2.05) is 0 Å². The van der Waals surface area contributed by atoms with Crippen LogP contribution in [-0.2, 0) is 0 Å². The number of alkyl halides is 4. The Hall–Kier alpha value is -1.05. The monoisotopic (exact) mass is 302 g/mol. The van der Waals surface area contributed by atoms with Gasteiger partial charge in [-0.2, -0.15) is 17.6 Å². The molecule has 0 saturated carbocycles. The Labute approximate surface area is 114 Å². The molecule has 110 valence electrons. The fraction of sp³-hybridized carbons (Fsp3) is 0.455. The number of halogens is 5. The minimum atomic E-state index is -4.54. The third kappa shape index (κ3) is 4.85. The fourth-order valence-corrected chi connectivity index (χ4v) is 1.41. The lowest BCUT2D eigenvalue weighted by Crippen LogP contribution is -2.34. The zero-order valence-corrected chi connectivity index (χ0v) is 10.7. The Bertz CT molecular complexity index is 393. The van der Waals surface area contributed by atoms with Gasteiger partial charge < -0.3 is 16.2 Å². The Morgan fingerprint density at radius 3 is 2.32 bits per heavy atom. The van der Waals surface area contributed by atoms with E-state index >= 15 is 0 Å². The van der Waals surface area contributed by atoms with Crippen LogP contribution in [0.4, 0.5) is 17.6 Å². The zero-order chi connectivity index (χ0) is 13.8. The van der Waals surface area contributed by atoms with Gasteiger partial charge in [-0.3, -0.25) is 0 Å². The quantitative estimate of drug-likeness (QED) is 0.794. The lowest BCUT2D eigenvalue weighted by molar-refractivity contribution is -0.253. The Morgan fingerprint density at radius 2 is 1.79 bits per heavy atom. The number of hydrogen-bond acceptors (Lipinski definition) is 3. The molecule has 0 unspecified atom stereocenters. The van der Waals surface area contributed by atoms with E-state index in [4.69, 9.17) is 11.5 Å². The highest BCUT2D eigenvalue weighted by Crippen LogP contribution is 2.32. The largest absolute Gasteiger partial charge is 0.461 e. The third-order valence-corrected chi connectivity index (χ3v) is 2.30. The van der Waals surface area contributed by atoms with Gasteiger partial charge >= 0.3 is 12.5 Å². The molecular formula is C11H15ClF4N2O. The molecule has 0 heterocycles. The van der Waals surface area contributed by atoms with Gasteiger partial charge in [0.2, 0.25) is 0 Å². The Kier molecular flexibility index (Phi) is 7.10. The second kappa shape index (κ2) is 7.52. The minimum Gasteiger partial charge on any atom is -0.428 e. The zero-order valence-electron chi connectivity index (χ0n) is 9.86. The molecule has 0 aliphatic rings. The maximum atomic E-state index is 12.8. The molecule has 3 nitrogen and oxygen atoms in total. The molecule has 0 aliphatic carbocycles. The van der Waals surface area contributed by atoms with Gasteiger partial charge in [-0.15, -0.1) is 12.4 Å². The topological polar surface area (TPSA) is 61.3 Å². The summed E-state index contributed by atoms with van der Waals surface area (Å²) in [7, 11) is 0. The Morgan fingerprint density at radius 1 is 1.21 bits per heavy atom. The molecule has 1 aromatic carbocycles. The van der Waals surface area contributed by atoms with Crippen LogP contribution < -0.4 is 16.2 Å². The molecule has 0 fully saturated rings. The van der Waals surface area contributed by atoms with E-state index in [9.17, 15) is 17.6 Å². The van der Waals surface area contributed by atoms with Crippen LogP contribution in [0.15, 0.2) is 24.3 Å². The second-order valence-corrected chi connectivity index (χ2v) is 3.69. The summed E-state index contributed by atoms with van der Waals surface area (Å²) < 4.78 is 53.8. The number of rotatable bonds is 6. The van der Waals surface area contributed by atoms with Crippen molar-refractivity contribution in [3.63, 3.8) is 0 Å². The summed E-state index contributed by atoms with van der Waals surface area (Å²) in [5.41, 5.74) is 11.2. The summed E-state index contributed by atoms with van der Waals surface area (Å²) in [6.07, 6.45) is -8.12. The highest BCUT2D eigenvalue weighted by Gasteiger charge is 2.44. The van der Waals surface area contributed by atoms with Crippen molar-refractivity contribution >= 4 is 12.4 Å². The molecule has 0 radical (unpaired) electrons. The normalized spacial score (nSPS) is 13.0. The van der Waals surface area contributed by atoms with Crippen LogP contribution in [0, 0.1) is 0 Å². The number of nitrogens with two attached hydrogens (primary N) is 2. The predicted octanol–water partition coefficient (Wildman–Crippen LogP) is 2.69. The molecular weight excluding hydrogens is 288 g/mol. The van der Waals surface area contributed by atoms with Gasteiger partial charge in [0.15, 0.2) is 0 Å². The SMILES string of the molecule is Cl.NCC[C@H](N)c1ccccc1OC(F)(F)C(F)F. The molecule has 8 heteroatoms. The third-order valence-electron chi connectivity index (χ3n) is 2.30. The molecule has 0 aromatic heterocycles. The van der Waals surface area contributed by atoms with Crippen LogP contribution in [0.5, 0.6) is 5.75 Å². The predicted molar refractivity (Wildman–Crippen MR) is 65.9 cm³/mol. The summed E-state index contributed by atoms with van der Waals surface area (Å²) in [5, 5.41) is 0. The van der Waals surface area contributed by atoms with E-state index in [2.05, 4.69) is 4.74 Å². The molecule has 0 aliphatic heterocycles. The first kappa shape index (κ1) is 17.9. The van der Waals surface area contributed by atoms with Crippen LogP contribution in [0.3, 0.4) is 0 Å². The van der Waals surface area contributed by atoms with Crippen molar-refractivity contribution in [1.82, 2.24) is 0 Å². The molecule has 1 rings (SSSR count). The van der Waals surface area contributed by atoms with E-state index in [0.717, 1.165) is 0 Å². The molecule has 0 amide bonds. The van der Waals surface area contributed by atoms with Gasteiger partial charge in [0.25, 0.3) is 0 Å². The van der Waals surface area contributed by atoms with Crippen molar-refractivity contribution in [3.8, 4) is 5.75 Å². The van der Waals surface area contributed by atoms with Crippen LogP contribution in [0.2, 0.25) is 0 Å². The molecule has 0 bridgehead atoms. The minimum absolute atomic E-state index is 0. The first-order valence-electron chi connectivity index (χ1n) is 5.28. The summed E-state index contributed by atoms with van der Waals surface area (Å²) in [4.78, 5) is 0. The van der Waals surface area contributed by atoms with Gasteiger partial charge in [-0.1, -0.05) is 18.2 Å². The highest BCUT2D eigenvalue weighted by atomic mass is 35.5. The number of hydrogen-bond donors (Lipinski definition) is 2. The van der Waals surface area contributed by atoms with Crippen molar-refractivity contribution in [1.29, 1.82) is 0 Å². The van der Waals surface area contributed by atoms with E-state index < -0.39 is 18.6 Å². The van der Waals surface area contributed by atoms with Crippen molar-refractivity contribution in [3.05, 3.63) is 29.8 Å². The van der Waals surface area contributed by atoms with Gasteiger partial charge in [-0.25, -0.2) is 0 Å². The maximum Gasteiger partial charge on any atom is 0.461 e. The van der Waals surface area contributed by atoms with Crippen molar-refractivity contribution in [2.45, 2.75) is 25.0 Å². The summed E-state index contributed by atoms with van der Waals surface area (Å²) in [6, 6.07) is 4.92. The van der Waals surface area contributed by atoms with E-state index in [1.54, 1.807) is 6.07 Å². The fourth-order valence-electron chi connectivity index (χ4n) is 1.41. The average molecular weight is 303 g/mol. The van der Waals surface area contributed by atoms with Crippen molar-refractivity contribution in [2.75, 3.05) is 6.54 Å². The van der Waals surface area contributed by atoms with E-state index in [-0.39, 0.29) is 30.3 Å². The maximum absolute atomic E-state index is 12.8. The van der Waals surface area contributed by atoms with Gasteiger partial charge in [0.1, 0.15) is 5.75 Å². The smallest absolute Gasteiger partial charge is 0.428 e. The summed E-state index contributed by atoms with van der Waals surface area (Å²) >= 11 is 0. The molecule has 1 atom stereocenters. The molecule has 1 aromatic rings. The first-order chi connectivity index (χ1) is 8.38. The average Bonchev–Trinajstić information content (AvgIpc) is 2.29. The highest BCUT2D eigenvalue weighted by molar-refractivity contribution is 5.85. The standard InChI is InChI=1S/C11H14F4N2O.ClH/c12-10(13)11(14,15)18-9-4-2-1-3-7(9)8(17)5-6-16;/h1-4,8,10H,5-6,16-17H2;1H/t8-;/m0./s1. The lowest BCUT2D eigenvalue weighted by Gasteiger charge is -2.21. The molecule has 19 heavy (non-hydrogen) atoms. The molecule has 0 saturated heterocycles. The van der Waals surface area contributed by atoms with E-state index in [1.165, 1.54) is 18.2 Å². The van der Waals surface area contributed by atoms with Crippen LogP contribution in [-0.4, -0.2) is 19.1 Å². The van der Waals surface area contributed by atoms with Gasteiger partial charge in [-0.05, 0) is 19.0 Å². The second-order valence-electron chi connectivity index (χ2n) is 3.69. The number of ether oxygens (including phenoxy) is 1. The van der Waals surface area contributed by atoms with Crippen LogP contribution in [0.1, 0.15) is 18.0 Å². The molecule has 4 N–H and O–H groups in total. The van der Waals surface area contributed by atoms with Gasteiger partial charge in [0, 0.05) is 11.6 Å². The van der Waals surface area contributed by atoms with E-state index in [0.29, 0.717) is 6.42 Å². The van der Waals surface area contributed by atoms with Crippen LogP contribution >= 0.6 is 12.4 Å². The lowest BCUT2D eigenvalue weighted by atomic mass is 10.0. The number of benzene rings is 1. The number of para-hydroxylation sites is 1. The van der Waals surface area contributed by atoms with Crippen molar-refractivity contribution < 1.29 is 22.3 Å². The summed E-state index contributed by atoms with van der Waals surface area (Å²) in [5.74, 6) is -0.358. The first-order valence-corrected chi connectivity index (χ1v) is 5.28. The summed E-state index contributed by atoms with van der Waals surface area (Å²) in [6.45, 7) is 0.251. The van der Waals surface area contributed by atoms with Crippen molar-refractivity contribution in [2.24, 2.45) is 11.5 Å².